The van der Waals surface area contributed by atoms with Crippen molar-refractivity contribution in [2.24, 2.45) is 0 Å². The molecule has 6 nitrogen and oxygen atoms in total. The predicted molar refractivity (Wildman–Crippen MR) is 117 cm³/mol. The Morgan fingerprint density at radius 2 is 1.97 bits per heavy atom. The lowest BCUT2D eigenvalue weighted by Crippen LogP contribution is -2.42. The van der Waals surface area contributed by atoms with Crippen LogP contribution >= 0.6 is 0 Å². The van der Waals surface area contributed by atoms with Gasteiger partial charge >= 0.3 is 0 Å². The van der Waals surface area contributed by atoms with Crippen molar-refractivity contribution in [1.29, 1.82) is 0 Å². The van der Waals surface area contributed by atoms with E-state index in [1.807, 2.05) is 65.6 Å². The number of aliphatic hydroxyl groups excluding tert-OH is 2. The van der Waals surface area contributed by atoms with Crippen LogP contribution in [-0.2, 0) is 19.8 Å². The standard InChI is InChI=1S/C24H31N3O3/c1-24(2,10-12-27-13-11-25-18-27)26-15-22(29)20-8-9-23(21(14-20)16-28)30-17-19-6-4-3-5-7-19/h3-9,11,13-14,18,22,26,28-29H,10,12,15-17H2,1-2H3. The average Bonchev–Trinajstić information content (AvgIpc) is 3.29. The van der Waals surface area contributed by atoms with Crippen LogP contribution in [0.1, 0.15) is 43.1 Å². The molecule has 6 heteroatoms. The van der Waals surface area contributed by atoms with Crippen molar-refractivity contribution in [1.82, 2.24) is 14.9 Å². The Labute approximate surface area is 178 Å². The topological polar surface area (TPSA) is 79.5 Å². The Morgan fingerprint density at radius 3 is 2.67 bits per heavy atom. The minimum Gasteiger partial charge on any atom is -0.489 e. The third-order valence-corrected chi connectivity index (χ3v) is 5.20. The number of benzene rings is 2. The van der Waals surface area contributed by atoms with Gasteiger partial charge in [-0.15, -0.1) is 0 Å². The minimum absolute atomic E-state index is 0.135. The minimum atomic E-state index is -0.675. The number of nitrogens with zero attached hydrogens (tertiary/aromatic N) is 2. The van der Waals surface area contributed by atoms with E-state index in [0.29, 0.717) is 24.5 Å². The summed E-state index contributed by atoms with van der Waals surface area (Å²) in [4.78, 5) is 4.06. The molecule has 0 radical (unpaired) electrons. The first-order valence-electron chi connectivity index (χ1n) is 10.3. The number of rotatable bonds is 11. The molecular weight excluding hydrogens is 378 g/mol. The summed E-state index contributed by atoms with van der Waals surface area (Å²) in [7, 11) is 0. The Kier molecular flexibility index (Phi) is 7.63. The summed E-state index contributed by atoms with van der Waals surface area (Å²) in [5, 5.41) is 23.9. The van der Waals surface area contributed by atoms with Gasteiger partial charge in [0.15, 0.2) is 0 Å². The number of hydrogen-bond donors (Lipinski definition) is 3. The van der Waals surface area contributed by atoms with E-state index in [1.54, 1.807) is 6.20 Å². The number of imidazole rings is 1. The Morgan fingerprint density at radius 1 is 1.17 bits per heavy atom. The van der Waals surface area contributed by atoms with E-state index in [4.69, 9.17) is 4.74 Å². The van der Waals surface area contributed by atoms with Gasteiger partial charge in [0.2, 0.25) is 0 Å². The van der Waals surface area contributed by atoms with Gasteiger partial charge in [-0.2, -0.15) is 0 Å². The molecule has 0 saturated heterocycles. The van der Waals surface area contributed by atoms with Gasteiger partial charge in [-0.3, -0.25) is 0 Å². The van der Waals surface area contributed by atoms with Gasteiger partial charge in [0.25, 0.3) is 0 Å². The van der Waals surface area contributed by atoms with Crippen LogP contribution in [0, 0.1) is 0 Å². The van der Waals surface area contributed by atoms with Crippen molar-refractivity contribution in [2.45, 2.75) is 51.7 Å². The van der Waals surface area contributed by atoms with Crippen molar-refractivity contribution < 1.29 is 14.9 Å². The summed E-state index contributed by atoms with van der Waals surface area (Å²) in [6.07, 6.45) is 5.76. The third-order valence-electron chi connectivity index (χ3n) is 5.20. The van der Waals surface area contributed by atoms with Crippen LogP contribution < -0.4 is 10.1 Å². The zero-order valence-corrected chi connectivity index (χ0v) is 17.7. The number of ether oxygens (including phenoxy) is 1. The first-order chi connectivity index (χ1) is 14.5. The lowest BCUT2D eigenvalue weighted by atomic mass is 9.99. The van der Waals surface area contributed by atoms with Crippen molar-refractivity contribution >= 4 is 0 Å². The maximum atomic E-state index is 10.7. The molecule has 0 bridgehead atoms. The molecule has 160 valence electrons. The van der Waals surface area contributed by atoms with E-state index in [-0.39, 0.29) is 12.1 Å². The summed E-state index contributed by atoms with van der Waals surface area (Å²) in [6, 6.07) is 15.4. The SMILES string of the molecule is CC(C)(CCn1ccnc1)NCC(O)c1ccc(OCc2ccccc2)c(CO)c1. The molecule has 3 N–H and O–H groups in total. The molecule has 2 aromatic carbocycles. The largest absolute Gasteiger partial charge is 0.489 e. The van der Waals surface area contributed by atoms with Crippen LogP contribution in [0.15, 0.2) is 67.3 Å². The van der Waals surface area contributed by atoms with Crippen LogP contribution in [0.25, 0.3) is 0 Å². The number of aromatic nitrogens is 2. The summed E-state index contributed by atoms with van der Waals surface area (Å²) >= 11 is 0. The highest BCUT2D eigenvalue weighted by Crippen LogP contribution is 2.25. The maximum absolute atomic E-state index is 10.7. The van der Waals surface area contributed by atoms with Gasteiger partial charge in [0.05, 0.1) is 19.0 Å². The number of nitrogens with one attached hydrogen (secondary N) is 1. The number of hydrogen-bond acceptors (Lipinski definition) is 5. The highest BCUT2D eigenvalue weighted by atomic mass is 16.5. The fraction of sp³-hybridized carbons (Fsp3) is 0.375. The van der Waals surface area contributed by atoms with Gasteiger partial charge in [-0.05, 0) is 43.5 Å². The van der Waals surface area contributed by atoms with E-state index >= 15 is 0 Å². The highest BCUT2D eigenvalue weighted by molar-refractivity contribution is 5.38. The monoisotopic (exact) mass is 409 g/mol. The molecule has 0 spiro atoms. The van der Waals surface area contributed by atoms with Crippen molar-refractivity contribution in [3.63, 3.8) is 0 Å². The van der Waals surface area contributed by atoms with Crippen molar-refractivity contribution in [3.05, 3.63) is 83.9 Å². The Balaban J connectivity index is 1.55. The average molecular weight is 410 g/mol. The number of β-amino-alcohol motifs (C(OH)–C–C–N with tert-alkyl or cyclic N) is 1. The fourth-order valence-corrected chi connectivity index (χ4v) is 3.21. The van der Waals surface area contributed by atoms with E-state index < -0.39 is 6.10 Å². The number of aliphatic hydroxyl groups is 2. The highest BCUT2D eigenvalue weighted by Gasteiger charge is 2.19. The summed E-state index contributed by atoms with van der Waals surface area (Å²) in [5.74, 6) is 0.630. The van der Waals surface area contributed by atoms with E-state index in [1.165, 1.54) is 0 Å². The summed E-state index contributed by atoms with van der Waals surface area (Å²) < 4.78 is 7.91. The van der Waals surface area contributed by atoms with Crippen LogP contribution in [0.4, 0.5) is 0 Å². The second-order valence-corrected chi connectivity index (χ2v) is 8.13. The number of aryl methyl sites for hydroxylation is 1. The van der Waals surface area contributed by atoms with Crippen LogP contribution in [0.2, 0.25) is 0 Å². The molecule has 0 saturated carbocycles. The summed E-state index contributed by atoms with van der Waals surface area (Å²) in [5.41, 5.74) is 2.35. The molecule has 1 atom stereocenters. The fourth-order valence-electron chi connectivity index (χ4n) is 3.21. The molecule has 3 rings (SSSR count). The molecule has 0 aliphatic rings. The predicted octanol–water partition coefficient (Wildman–Crippen LogP) is 3.45. The van der Waals surface area contributed by atoms with Gasteiger partial charge in [-0.25, -0.2) is 4.98 Å². The second-order valence-electron chi connectivity index (χ2n) is 8.13. The van der Waals surface area contributed by atoms with Gasteiger partial charge in [0.1, 0.15) is 12.4 Å². The molecule has 0 fully saturated rings. The molecule has 0 amide bonds. The van der Waals surface area contributed by atoms with E-state index in [2.05, 4.69) is 24.1 Å². The molecule has 0 aliphatic heterocycles. The molecule has 1 unspecified atom stereocenters. The smallest absolute Gasteiger partial charge is 0.125 e. The van der Waals surface area contributed by atoms with Crippen LogP contribution in [0.5, 0.6) is 5.75 Å². The molecule has 1 aromatic heterocycles. The van der Waals surface area contributed by atoms with E-state index in [0.717, 1.165) is 24.1 Å². The first kappa shape index (κ1) is 22.0. The molecule has 1 heterocycles. The molecule has 3 aromatic rings. The third kappa shape index (κ3) is 6.42. The van der Waals surface area contributed by atoms with Gasteiger partial charge in [0, 0.05) is 36.6 Å². The zero-order valence-electron chi connectivity index (χ0n) is 17.7. The normalized spacial score (nSPS) is 12.7. The zero-order chi connectivity index (χ0) is 21.4. The lowest BCUT2D eigenvalue weighted by molar-refractivity contribution is 0.157. The van der Waals surface area contributed by atoms with E-state index in [9.17, 15) is 10.2 Å². The quantitative estimate of drug-likeness (QED) is 0.452. The second kappa shape index (κ2) is 10.4. The Hall–Kier alpha value is -2.67. The van der Waals surface area contributed by atoms with Crippen LogP contribution in [0.3, 0.4) is 0 Å². The van der Waals surface area contributed by atoms with Crippen molar-refractivity contribution in [3.8, 4) is 5.75 Å². The Bertz CT molecular complexity index is 895. The lowest BCUT2D eigenvalue weighted by Gasteiger charge is -2.28. The van der Waals surface area contributed by atoms with Gasteiger partial charge in [-0.1, -0.05) is 36.4 Å². The molecular formula is C24H31N3O3. The molecule has 30 heavy (non-hydrogen) atoms. The molecule has 0 aliphatic carbocycles. The van der Waals surface area contributed by atoms with Crippen molar-refractivity contribution in [2.75, 3.05) is 6.54 Å². The first-order valence-corrected chi connectivity index (χ1v) is 10.3. The maximum Gasteiger partial charge on any atom is 0.125 e. The summed E-state index contributed by atoms with van der Waals surface area (Å²) in [6.45, 7) is 5.81. The van der Waals surface area contributed by atoms with Crippen LogP contribution in [-0.4, -0.2) is 31.8 Å². The van der Waals surface area contributed by atoms with Gasteiger partial charge < -0.3 is 24.8 Å².